The highest BCUT2D eigenvalue weighted by atomic mass is 16.5. The van der Waals surface area contributed by atoms with Crippen LogP contribution in [0, 0.1) is 5.92 Å². The van der Waals surface area contributed by atoms with Crippen molar-refractivity contribution in [1.82, 2.24) is 9.80 Å². The molecule has 0 bridgehead atoms. The fourth-order valence-electron chi connectivity index (χ4n) is 4.68. The Morgan fingerprint density at radius 2 is 1.63 bits per heavy atom. The van der Waals surface area contributed by atoms with E-state index in [0.29, 0.717) is 18.8 Å². The van der Waals surface area contributed by atoms with Crippen LogP contribution in [0.2, 0.25) is 0 Å². The smallest absolute Gasteiger partial charge is 0.260 e. The van der Waals surface area contributed by atoms with Crippen molar-refractivity contribution in [3.8, 4) is 11.5 Å². The second-order valence-corrected chi connectivity index (χ2v) is 8.20. The Hall–Kier alpha value is -3.02. The number of nitrogens with zero attached hydrogens (tertiary/aromatic N) is 2. The lowest BCUT2D eigenvalue weighted by Crippen LogP contribution is -2.44. The molecular weight excluding hydrogens is 380 g/mol. The topological polar surface area (TPSA) is 70.1 Å². The first-order valence-electron chi connectivity index (χ1n) is 10.6. The van der Waals surface area contributed by atoms with Crippen LogP contribution in [0.5, 0.6) is 11.5 Å². The van der Waals surface area contributed by atoms with E-state index in [2.05, 4.69) is 12.1 Å². The molecule has 2 aliphatic heterocycles. The zero-order valence-electron chi connectivity index (χ0n) is 17.2. The van der Waals surface area contributed by atoms with Crippen molar-refractivity contribution in [1.29, 1.82) is 0 Å². The van der Waals surface area contributed by atoms with E-state index < -0.39 is 0 Å². The highest BCUT2D eigenvalue weighted by Gasteiger charge is 2.46. The number of aromatic hydroxyl groups is 1. The molecule has 2 fully saturated rings. The van der Waals surface area contributed by atoms with Crippen molar-refractivity contribution < 1.29 is 19.4 Å². The number of rotatable bonds is 6. The lowest BCUT2D eigenvalue weighted by Gasteiger charge is -2.27. The average Bonchev–Trinajstić information content (AvgIpc) is 3.35. The highest BCUT2D eigenvalue weighted by molar-refractivity contribution is 5.81. The van der Waals surface area contributed by atoms with Crippen LogP contribution in [-0.4, -0.2) is 58.5 Å². The summed E-state index contributed by atoms with van der Waals surface area (Å²) in [5.41, 5.74) is 1.17. The van der Waals surface area contributed by atoms with Gasteiger partial charge in [0.1, 0.15) is 11.5 Å². The van der Waals surface area contributed by atoms with Crippen molar-refractivity contribution in [2.75, 3.05) is 19.7 Å². The summed E-state index contributed by atoms with van der Waals surface area (Å²) in [7, 11) is 0. The normalized spacial score (nSPS) is 21.4. The maximum Gasteiger partial charge on any atom is 0.260 e. The number of fused-ring (bicyclic) bond motifs is 1. The van der Waals surface area contributed by atoms with Crippen LogP contribution >= 0.6 is 0 Å². The van der Waals surface area contributed by atoms with Gasteiger partial charge in [-0.15, -0.1) is 0 Å². The highest BCUT2D eigenvalue weighted by Crippen LogP contribution is 2.33. The fourth-order valence-corrected chi connectivity index (χ4v) is 4.68. The molecule has 1 N–H and O–H groups in total. The van der Waals surface area contributed by atoms with Gasteiger partial charge in [0.15, 0.2) is 6.61 Å². The van der Waals surface area contributed by atoms with Crippen molar-refractivity contribution in [3.05, 3.63) is 60.2 Å². The van der Waals surface area contributed by atoms with E-state index in [0.717, 1.165) is 19.3 Å². The number of ether oxygens (including phenoxy) is 1. The van der Waals surface area contributed by atoms with Crippen LogP contribution in [0.1, 0.15) is 25.3 Å². The Labute approximate surface area is 177 Å². The van der Waals surface area contributed by atoms with Gasteiger partial charge in [0, 0.05) is 19.0 Å². The van der Waals surface area contributed by atoms with Gasteiger partial charge in [0.25, 0.3) is 5.91 Å². The first-order chi connectivity index (χ1) is 14.5. The van der Waals surface area contributed by atoms with Crippen LogP contribution in [0.4, 0.5) is 0 Å². The van der Waals surface area contributed by atoms with Gasteiger partial charge >= 0.3 is 0 Å². The number of phenols is 1. The largest absolute Gasteiger partial charge is 0.508 e. The molecule has 2 heterocycles. The molecule has 2 saturated heterocycles. The molecule has 0 aliphatic carbocycles. The van der Waals surface area contributed by atoms with Gasteiger partial charge in [-0.05, 0) is 49.1 Å². The fraction of sp³-hybridized carbons (Fsp3) is 0.417. The van der Waals surface area contributed by atoms with Gasteiger partial charge in [-0.3, -0.25) is 9.59 Å². The molecule has 0 spiro atoms. The number of carbonyl (C=O) groups excluding carboxylic acids is 2. The minimum atomic E-state index is -0.0752. The van der Waals surface area contributed by atoms with Crippen LogP contribution in [0.25, 0.3) is 0 Å². The number of hydrogen-bond acceptors (Lipinski definition) is 4. The maximum atomic E-state index is 13.1. The Morgan fingerprint density at radius 1 is 1.00 bits per heavy atom. The number of phenolic OH excluding ortho intramolecular Hbond substituents is 1. The van der Waals surface area contributed by atoms with Gasteiger partial charge in [0.05, 0.1) is 12.1 Å². The molecule has 3 atom stereocenters. The second kappa shape index (κ2) is 8.78. The van der Waals surface area contributed by atoms with E-state index in [-0.39, 0.29) is 42.2 Å². The molecule has 2 amide bonds. The van der Waals surface area contributed by atoms with E-state index in [1.807, 2.05) is 34.9 Å². The summed E-state index contributed by atoms with van der Waals surface area (Å²) < 4.78 is 5.58. The lowest BCUT2D eigenvalue weighted by atomic mass is 9.99. The van der Waals surface area contributed by atoms with E-state index in [1.165, 1.54) is 17.7 Å². The Balaban J connectivity index is 1.32. The SMILES string of the molecule is CC(Cc1ccccc1)C(=O)N1CC[C@H]2[C@@H]1CCN2C(=O)COc1ccc(O)cc1. The summed E-state index contributed by atoms with van der Waals surface area (Å²) >= 11 is 0. The standard InChI is InChI=1S/C24H28N2O4/c1-17(15-18-5-3-2-4-6-18)24(29)26-14-12-21-22(26)11-13-25(21)23(28)16-30-20-9-7-19(27)8-10-20/h2-10,17,21-22,27H,11-16H2,1H3/t17?,21-,22-/m0/s1. The first-order valence-corrected chi connectivity index (χ1v) is 10.6. The Kier molecular flexibility index (Phi) is 5.93. The Morgan fingerprint density at radius 3 is 2.33 bits per heavy atom. The van der Waals surface area contributed by atoms with Gasteiger partial charge in [-0.2, -0.15) is 0 Å². The van der Waals surface area contributed by atoms with Crippen LogP contribution in [0.3, 0.4) is 0 Å². The average molecular weight is 408 g/mol. The van der Waals surface area contributed by atoms with E-state index in [1.54, 1.807) is 12.1 Å². The molecule has 6 nitrogen and oxygen atoms in total. The molecule has 0 radical (unpaired) electrons. The predicted molar refractivity (Wildman–Crippen MR) is 113 cm³/mol. The third-order valence-electron chi connectivity index (χ3n) is 6.19. The summed E-state index contributed by atoms with van der Waals surface area (Å²) in [5.74, 6) is 0.764. The second-order valence-electron chi connectivity index (χ2n) is 8.20. The molecule has 2 aromatic carbocycles. The molecule has 30 heavy (non-hydrogen) atoms. The van der Waals surface area contributed by atoms with Gasteiger partial charge in [0.2, 0.25) is 5.91 Å². The third kappa shape index (κ3) is 4.27. The van der Waals surface area contributed by atoms with Crippen molar-refractivity contribution in [2.24, 2.45) is 5.92 Å². The van der Waals surface area contributed by atoms with Crippen molar-refractivity contribution in [2.45, 2.75) is 38.3 Å². The zero-order valence-corrected chi connectivity index (χ0v) is 17.2. The summed E-state index contributed by atoms with van der Waals surface area (Å²) in [5, 5.41) is 9.34. The number of benzene rings is 2. The molecule has 1 unspecified atom stereocenters. The third-order valence-corrected chi connectivity index (χ3v) is 6.19. The molecule has 6 heteroatoms. The number of carbonyl (C=O) groups is 2. The molecule has 0 aromatic heterocycles. The molecule has 2 aliphatic rings. The van der Waals surface area contributed by atoms with Crippen molar-refractivity contribution >= 4 is 11.8 Å². The Bertz CT molecular complexity index is 884. The number of likely N-dealkylation sites (tertiary alicyclic amines) is 2. The summed E-state index contributed by atoms with van der Waals surface area (Å²) in [4.78, 5) is 29.7. The quantitative estimate of drug-likeness (QED) is 0.798. The number of amides is 2. The van der Waals surface area contributed by atoms with E-state index in [9.17, 15) is 14.7 Å². The monoisotopic (exact) mass is 408 g/mol. The lowest BCUT2D eigenvalue weighted by molar-refractivity contribution is -0.137. The summed E-state index contributed by atoms with van der Waals surface area (Å²) in [6, 6.07) is 16.6. The first kappa shape index (κ1) is 20.3. The van der Waals surface area contributed by atoms with E-state index >= 15 is 0 Å². The molecular formula is C24H28N2O4. The van der Waals surface area contributed by atoms with Crippen LogP contribution in [0.15, 0.2) is 54.6 Å². The molecule has 158 valence electrons. The van der Waals surface area contributed by atoms with E-state index in [4.69, 9.17) is 4.74 Å². The zero-order chi connectivity index (χ0) is 21.1. The predicted octanol–water partition coefficient (Wildman–Crippen LogP) is 2.85. The van der Waals surface area contributed by atoms with Gasteiger partial charge in [-0.1, -0.05) is 37.3 Å². The molecule has 2 aromatic rings. The summed E-state index contributed by atoms with van der Waals surface area (Å²) in [6.07, 6.45) is 2.37. The van der Waals surface area contributed by atoms with Crippen molar-refractivity contribution in [3.63, 3.8) is 0 Å². The number of hydrogen-bond donors (Lipinski definition) is 1. The van der Waals surface area contributed by atoms with Gasteiger partial charge < -0.3 is 19.6 Å². The minimum Gasteiger partial charge on any atom is -0.508 e. The van der Waals surface area contributed by atoms with Crippen LogP contribution in [-0.2, 0) is 16.0 Å². The van der Waals surface area contributed by atoms with Gasteiger partial charge in [-0.25, -0.2) is 0 Å². The van der Waals surface area contributed by atoms with Crippen LogP contribution < -0.4 is 4.74 Å². The minimum absolute atomic E-state index is 0.0354. The molecule has 0 saturated carbocycles. The summed E-state index contributed by atoms with van der Waals surface area (Å²) in [6.45, 7) is 3.32. The molecule has 4 rings (SSSR count). The maximum absolute atomic E-state index is 13.1.